The SMILES string of the molecule is Cc1nc(C(=O)Nc2ccc(N3CC(C)OC(C)C3)nc2)c2cc[nH]c2n1. The Labute approximate surface area is 157 Å². The number of anilines is 2. The number of aryl methyl sites for hydroxylation is 1. The van der Waals surface area contributed by atoms with Gasteiger partial charge in [0, 0.05) is 19.3 Å². The number of aromatic nitrogens is 4. The molecule has 140 valence electrons. The molecule has 0 spiro atoms. The third kappa shape index (κ3) is 3.61. The second kappa shape index (κ2) is 6.96. The van der Waals surface area contributed by atoms with Gasteiger partial charge >= 0.3 is 0 Å². The number of carbonyl (C=O) groups is 1. The van der Waals surface area contributed by atoms with Gasteiger partial charge in [-0.25, -0.2) is 15.0 Å². The first kappa shape index (κ1) is 17.4. The molecule has 8 heteroatoms. The lowest BCUT2D eigenvalue weighted by atomic mass is 10.2. The number of amides is 1. The van der Waals surface area contributed by atoms with E-state index in [2.05, 4.69) is 44.0 Å². The van der Waals surface area contributed by atoms with Crippen LogP contribution in [0.15, 0.2) is 30.6 Å². The maximum absolute atomic E-state index is 12.7. The molecule has 0 saturated carbocycles. The summed E-state index contributed by atoms with van der Waals surface area (Å²) in [6, 6.07) is 5.57. The third-order valence-electron chi connectivity index (χ3n) is 4.49. The number of carbonyl (C=O) groups excluding carboxylic acids is 1. The van der Waals surface area contributed by atoms with Crippen molar-refractivity contribution in [3.63, 3.8) is 0 Å². The molecule has 1 saturated heterocycles. The van der Waals surface area contributed by atoms with Crippen molar-refractivity contribution >= 4 is 28.4 Å². The number of nitrogens with zero attached hydrogens (tertiary/aromatic N) is 4. The fraction of sp³-hybridized carbons (Fsp3) is 0.368. The standard InChI is InChI=1S/C19H22N6O2/c1-11-9-25(10-12(2)27-11)16-5-4-14(8-21-16)24-19(26)17-15-6-7-20-18(15)23-13(3)22-17/h4-8,11-12H,9-10H2,1-3H3,(H,24,26)(H,20,22,23). The van der Waals surface area contributed by atoms with Gasteiger partial charge in [-0.3, -0.25) is 4.79 Å². The van der Waals surface area contributed by atoms with Gasteiger partial charge < -0.3 is 19.9 Å². The Morgan fingerprint density at radius 2 is 2.00 bits per heavy atom. The van der Waals surface area contributed by atoms with E-state index in [4.69, 9.17) is 4.74 Å². The number of H-pyrrole nitrogens is 1. The first-order chi connectivity index (χ1) is 13.0. The Morgan fingerprint density at radius 3 is 2.70 bits per heavy atom. The maximum Gasteiger partial charge on any atom is 0.275 e. The molecule has 3 aromatic heterocycles. The number of fused-ring (bicyclic) bond motifs is 1. The van der Waals surface area contributed by atoms with E-state index in [0.717, 1.165) is 18.9 Å². The second-order valence-corrected chi connectivity index (χ2v) is 6.88. The molecule has 2 N–H and O–H groups in total. The monoisotopic (exact) mass is 366 g/mol. The Kier molecular flexibility index (Phi) is 4.49. The predicted octanol–water partition coefficient (Wildman–Crippen LogP) is 2.53. The lowest BCUT2D eigenvalue weighted by Gasteiger charge is -2.36. The van der Waals surface area contributed by atoms with E-state index in [1.54, 1.807) is 25.4 Å². The summed E-state index contributed by atoms with van der Waals surface area (Å²) in [7, 11) is 0. The lowest BCUT2D eigenvalue weighted by molar-refractivity contribution is -0.00545. The average molecular weight is 366 g/mol. The molecule has 4 rings (SSSR count). The summed E-state index contributed by atoms with van der Waals surface area (Å²) in [5.41, 5.74) is 1.62. The highest BCUT2D eigenvalue weighted by Crippen LogP contribution is 2.21. The van der Waals surface area contributed by atoms with E-state index in [-0.39, 0.29) is 18.1 Å². The van der Waals surface area contributed by atoms with Crippen LogP contribution in [0.4, 0.5) is 11.5 Å². The number of aromatic amines is 1. The van der Waals surface area contributed by atoms with E-state index in [0.29, 0.717) is 28.2 Å². The summed E-state index contributed by atoms with van der Waals surface area (Å²) in [4.78, 5) is 31.0. The van der Waals surface area contributed by atoms with Crippen LogP contribution in [0.25, 0.3) is 11.0 Å². The van der Waals surface area contributed by atoms with Crippen molar-refractivity contribution in [1.29, 1.82) is 0 Å². The van der Waals surface area contributed by atoms with Gasteiger partial charge in [0.05, 0.1) is 29.5 Å². The highest BCUT2D eigenvalue weighted by Gasteiger charge is 2.23. The second-order valence-electron chi connectivity index (χ2n) is 6.88. The van der Waals surface area contributed by atoms with Crippen LogP contribution >= 0.6 is 0 Å². The quantitative estimate of drug-likeness (QED) is 0.739. The summed E-state index contributed by atoms with van der Waals surface area (Å²) in [5, 5.41) is 3.56. The van der Waals surface area contributed by atoms with Crippen LogP contribution in [0.5, 0.6) is 0 Å². The van der Waals surface area contributed by atoms with Gasteiger partial charge in [-0.15, -0.1) is 0 Å². The Bertz CT molecular complexity index is 958. The van der Waals surface area contributed by atoms with Crippen LogP contribution in [0, 0.1) is 6.92 Å². The van der Waals surface area contributed by atoms with Gasteiger partial charge in [-0.2, -0.15) is 0 Å². The fourth-order valence-corrected chi connectivity index (χ4v) is 3.43. The Balaban J connectivity index is 1.51. The zero-order valence-electron chi connectivity index (χ0n) is 15.6. The van der Waals surface area contributed by atoms with Crippen LogP contribution in [-0.4, -0.2) is 51.1 Å². The van der Waals surface area contributed by atoms with Gasteiger partial charge in [-0.05, 0) is 39.0 Å². The highest BCUT2D eigenvalue weighted by molar-refractivity contribution is 6.10. The van der Waals surface area contributed by atoms with E-state index in [1.165, 1.54) is 0 Å². The van der Waals surface area contributed by atoms with E-state index >= 15 is 0 Å². The highest BCUT2D eigenvalue weighted by atomic mass is 16.5. The largest absolute Gasteiger partial charge is 0.372 e. The Hall–Kier alpha value is -3.00. The molecule has 0 aliphatic carbocycles. The molecular weight excluding hydrogens is 344 g/mol. The first-order valence-electron chi connectivity index (χ1n) is 8.99. The van der Waals surface area contributed by atoms with Gasteiger partial charge in [-0.1, -0.05) is 0 Å². The Morgan fingerprint density at radius 1 is 1.22 bits per heavy atom. The molecule has 4 heterocycles. The van der Waals surface area contributed by atoms with Crippen molar-refractivity contribution in [1.82, 2.24) is 19.9 Å². The molecule has 0 aromatic carbocycles. The predicted molar refractivity (Wildman–Crippen MR) is 103 cm³/mol. The zero-order chi connectivity index (χ0) is 19.0. The van der Waals surface area contributed by atoms with Gasteiger partial charge in [0.25, 0.3) is 5.91 Å². The van der Waals surface area contributed by atoms with Crippen molar-refractivity contribution in [2.45, 2.75) is 33.0 Å². The minimum Gasteiger partial charge on any atom is -0.372 e. The number of hydrogen-bond donors (Lipinski definition) is 2. The van der Waals surface area contributed by atoms with Crippen molar-refractivity contribution in [3.8, 4) is 0 Å². The van der Waals surface area contributed by atoms with Crippen LogP contribution in [0.1, 0.15) is 30.2 Å². The van der Waals surface area contributed by atoms with Gasteiger partial charge in [0.2, 0.25) is 0 Å². The molecule has 27 heavy (non-hydrogen) atoms. The van der Waals surface area contributed by atoms with E-state index in [1.807, 2.05) is 12.1 Å². The normalized spacial score (nSPS) is 20.0. The van der Waals surface area contributed by atoms with Crippen molar-refractivity contribution in [2.75, 3.05) is 23.3 Å². The molecule has 1 amide bonds. The summed E-state index contributed by atoms with van der Waals surface area (Å²) < 4.78 is 5.76. The van der Waals surface area contributed by atoms with Crippen LogP contribution in [0.3, 0.4) is 0 Å². The first-order valence-corrected chi connectivity index (χ1v) is 8.99. The molecule has 0 bridgehead atoms. The molecule has 2 atom stereocenters. The van der Waals surface area contributed by atoms with Gasteiger partial charge in [0.1, 0.15) is 23.0 Å². The van der Waals surface area contributed by atoms with E-state index in [9.17, 15) is 4.79 Å². The van der Waals surface area contributed by atoms with Crippen LogP contribution in [-0.2, 0) is 4.74 Å². The van der Waals surface area contributed by atoms with Crippen molar-refractivity contribution < 1.29 is 9.53 Å². The molecule has 1 fully saturated rings. The number of nitrogens with one attached hydrogen (secondary N) is 2. The zero-order valence-corrected chi connectivity index (χ0v) is 15.6. The third-order valence-corrected chi connectivity index (χ3v) is 4.49. The molecule has 8 nitrogen and oxygen atoms in total. The average Bonchev–Trinajstić information content (AvgIpc) is 3.09. The summed E-state index contributed by atoms with van der Waals surface area (Å²) in [6.45, 7) is 7.48. The van der Waals surface area contributed by atoms with Crippen molar-refractivity contribution in [2.24, 2.45) is 0 Å². The maximum atomic E-state index is 12.7. The minimum absolute atomic E-state index is 0.166. The number of ether oxygens (including phenoxy) is 1. The number of morpholine rings is 1. The number of hydrogen-bond acceptors (Lipinski definition) is 6. The van der Waals surface area contributed by atoms with Crippen LogP contribution < -0.4 is 10.2 Å². The summed E-state index contributed by atoms with van der Waals surface area (Å²) in [5.74, 6) is 1.13. The molecule has 2 unspecified atom stereocenters. The molecule has 0 radical (unpaired) electrons. The minimum atomic E-state index is -0.284. The lowest BCUT2D eigenvalue weighted by Crippen LogP contribution is -2.45. The fourth-order valence-electron chi connectivity index (χ4n) is 3.43. The summed E-state index contributed by atoms with van der Waals surface area (Å²) >= 11 is 0. The topological polar surface area (TPSA) is 96.0 Å². The van der Waals surface area contributed by atoms with Crippen molar-refractivity contribution in [3.05, 3.63) is 42.1 Å². The smallest absolute Gasteiger partial charge is 0.275 e. The number of pyridine rings is 1. The van der Waals surface area contributed by atoms with E-state index < -0.39 is 0 Å². The molecule has 1 aliphatic rings. The summed E-state index contributed by atoms with van der Waals surface area (Å²) in [6.07, 6.45) is 3.75. The number of rotatable bonds is 3. The molecular formula is C19H22N6O2. The molecule has 1 aliphatic heterocycles. The van der Waals surface area contributed by atoms with Gasteiger partial charge in [0.15, 0.2) is 0 Å². The molecule has 3 aromatic rings. The van der Waals surface area contributed by atoms with Crippen LogP contribution in [0.2, 0.25) is 0 Å².